The highest BCUT2D eigenvalue weighted by Crippen LogP contribution is 2.48. The van der Waals surface area contributed by atoms with Gasteiger partial charge in [-0.2, -0.15) is 0 Å². The summed E-state index contributed by atoms with van der Waals surface area (Å²) in [6, 6.07) is 6.79. The number of urea groups is 1. The van der Waals surface area contributed by atoms with Crippen LogP contribution in [0.15, 0.2) is 24.3 Å². The van der Waals surface area contributed by atoms with Gasteiger partial charge in [-0.1, -0.05) is 6.42 Å². The molecule has 3 amide bonds. The number of nitrogens with one attached hydrogen (secondary N) is 2. The van der Waals surface area contributed by atoms with Crippen molar-refractivity contribution in [2.75, 3.05) is 18.4 Å². The summed E-state index contributed by atoms with van der Waals surface area (Å²) in [5, 5.41) is 15.3. The van der Waals surface area contributed by atoms with Crippen molar-refractivity contribution in [1.29, 1.82) is 0 Å². The van der Waals surface area contributed by atoms with Gasteiger partial charge < -0.3 is 20.6 Å². The zero-order chi connectivity index (χ0) is 18.3. The highest BCUT2D eigenvalue weighted by atomic mass is 16.4. The fourth-order valence-corrected chi connectivity index (χ4v) is 4.20. The first-order valence-corrected chi connectivity index (χ1v) is 9.18. The van der Waals surface area contributed by atoms with E-state index in [0.29, 0.717) is 30.3 Å². The van der Waals surface area contributed by atoms with E-state index in [1.54, 1.807) is 29.2 Å². The van der Waals surface area contributed by atoms with E-state index in [-0.39, 0.29) is 24.4 Å². The van der Waals surface area contributed by atoms with Crippen molar-refractivity contribution >= 4 is 23.6 Å². The summed E-state index contributed by atoms with van der Waals surface area (Å²) >= 11 is 0. The van der Waals surface area contributed by atoms with Crippen LogP contribution in [0.1, 0.15) is 42.5 Å². The van der Waals surface area contributed by atoms with E-state index in [1.165, 1.54) is 0 Å². The van der Waals surface area contributed by atoms with Crippen molar-refractivity contribution in [3.05, 3.63) is 29.8 Å². The lowest BCUT2D eigenvalue weighted by atomic mass is 9.81. The van der Waals surface area contributed by atoms with Crippen LogP contribution in [-0.4, -0.2) is 47.0 Å². The standard InChI is InChI=1S/C19H23N3O4/c23-16(20-14-7-8-14)12-3-5-15(6-4-12)21-18(26)22-10-13-2-1-9-19(13,11-22)17(24)25/h3-6,13-14H,1-2,7-11H2,(H,20,23)(H,21,26)(H,24,25)/t13-,19+/m0/s1. The Labute approximate surface area is 151 Å². The Morgan fingerprint density at radius 2 is 1.85 bits per heavy atom. The molecular formula is C19H23N3O4. The lowest BCUT2D eigenvalue weighted by Crippen LogP contribution is -2.38. The normalized spacial score (nSPS) is 27.1. The van der Waals surface area contributed by atoms with Gasteiger partial charge in [-0.05, 0) is 55.9 Å². The number of fused-ring (bicyclic) bond motifs is 1. The van der Waals surface area contributed by atoms with Crippen molar-refractivity contribution < 1.29 is 19.5 Å². The van der Waals surface area contributed by atoms with Crippen molar-refractivity contribution in [3.63, 3.8) is 0 Å². The topological polar surface area (TPSA) is 98.7 Å². The van der Waals surface area contributed by atoms with Gasteiger partial charge in [0.05, 0.1) is 5.41 Å². The molecule has 0 aromatic heterocycles. The number of rotatable bonds is 4. The smallest absolute Gasteiger partial charge is 0.321 e. The molecule has 2 aliphatic carbocycles. The second kappa shape index (κ2) is 6.30. The molecule has 1 aliphatic heterocycles. The summed E-state index contributed by atoms with van der Waals surface area (Å²) in [4.78, 5) is 37.8. The quantitative estimate of drug-likeness (QED) is 0.770. The van der Waals surface area contributed by atoms with Crippen molar-refractivity contribution in [3.8, 4) is 0 Å². The van der Waals surface area contributed by atoms with Crippen LogP contribution in [0.25, 0.3) is 0 Å². The molecule has 1 aromatic carbocycles. The number of aliphatic carboxylic acids is 1. The summed E-state index contributed by atoms with van der Waals surface area (Å²) in [6.45, 7) is 0.751. The Balaban J connectivity index is 1.37. The minimum atomic E-state index is -0.790. The monoisotopic (exact) mass is 357 g/mol. The summed E-state index contributed by atoms with van der Waals surface area (Å²) in [6.07, 6.45) is 4.49. The third-order valence-electron chi connectivity index (χ3n) is 5.89. The molecule has 1 heterocycles. The Hall–Kier alpha value is -2.57. The minimum Gasteiger partial charge on any atom is -0.481 e. The van der Waals surface area contributed by atoms with Crippen LogP contribution in [0.5, 0.6) is 0 Å². The number of carbonyl (C=O) groups is 3. The molecule has 138 valence electrons. The van der Waals surface area contributed by atoms with Gasteiger partial charge in [-0.3, -0.25) is 9.59 Å². The molecular weight excluding hydrogens is 334 g/mol. The van der Waals surface area contributed by atoms with Gasteiger partial charge in [-0.15, -0.1) is 0 Å². The van der Waals surface area contributed by atoms with E-state index in [9.17, 15) is 19.5 Å². The Morgan fingerprint density at radius 3 is 2.46 bits per heavy atom. The number of nitrogens with zero attached hydrogens (tertiary/aromatic N) is 1. The lowest BCUT2D eigenvalue weighted by Gasteiger charge is -2.23. The third-order valence-corrected chi connectivity index (χ3v) is 5.89. The van der Waals surface area contributed by atoms with Gasteiger partial charge in [0, 0.05) is 30.4 Å². The maximum atomic E-state index is 12.5. The highest BCUT2D eigenvalue weighted by Gasteiger charge is 2.55. The Bertz CT molecular complexity index is 744. The van der Waals surface area contributed by atoms with E-state index in [4.69, 9.17) is 0 Å². The number of benzene rings is 1. The Kier molecular flexibility index (Phi) is 4.09. The predicted molar refractivity (Wildman–Crippen MR) is 94.9 cm³/mol. The number of hydrogen-bond donors (Lipinski definition) is 3. The van der Waals surface area contributed by atoms with Crippen molar-refractivity contribution in [2.45, 2.75) is 38.1 Å². The highest BCUT2D eigenvalue weighted by molar-refractivity contribution is 5.96. The van der Waals surface area contributed by atoms with Crippen LogP contribution in [0.3, 0.4) is 0 Å². The summed E-state index contributed by atoms with van der Waals surface area (Å²) in [5.41, 5.74) is 0.386. The summed E-state index contributed by atoms with van der Waals surface area (Å²) in [7, 11) is 0. The van der Waals surface area contributed by atoms with Crippen LogP contribution in [0.2, 0.25) is 0 Å². The van der Waals surface area contributed by atoms with Gasteiger partial charge in [0.1, 0.15) is 0 Å². The van der Waals surface area contributed by atoms with E-state index in [1.807, 2.05) is 0 Å². The molecule has 7 heteroatoms. The van der Waals surface area contributed by atoms with E-state index < -0.39 is 11.4 Å². The van der Waals surface area contributed by atoms with Crippen LogP contribution < -0.4 is 10.6 Å². The van der Waals surface area contributed by atoms with E-state index in [2.05, 4.69) is 10.6 Å². The first-order chi connectivity index (χ1) is 12.5. The number of hydrogen-bond acceptors (Lipinski definition) is 3. The molecule has 2 atom stereocenters. The molecule has 0 bridgehead atoms. The number of likely N-dealkylation sites (tertiary alicyclic amines) is 1. The predicted octanol–water partition coefficient (Wildman–Crippen LogP) is 2.30. The van der Waals surface area contributed by atoms with Gasteiger partial charge in [0.25, 0.3) is 5.91 Å². The fraction of sp³-hybridized carbons (Fsp3) is 0.526. The molecule has 0 radical (unpaired) electrons. The zero-order valence-corrected chi connectivity index (χ0v) is 14.5. The van der Waals surface area contributed by atoms with Gasteiger partial charge in [0.15, 0.2) is 0 Å². The molecule has 4 rings (SSSR count). The SMILES string of the molecule is O=C(NC1CC1)c1ccc(NC(=O)N2C[C@@H]3CCC[C@@]3(C(=O)O)C2)cc1. The number of anilines is 1. The maximum Gasteiger partial charge on any atom is 0.321 e. The fourth-order valence-electron chi connectivity index (χ4n) is 4.20. The maximum absolute atomic E-state index is 12.5. The lowest BCUT2D eigenvalue weighted by molar-refractivity contribution is -0.149. The second-order valence-electron chi connectivity index (χ2n) is 7.69. The van der Waals surface area contributed by atoms with E-state index in [0.717, 1.165) is 25.7 Å². The first kappa shape index (κ1) is 16.9. The van der Waals surface area contributed by atoms with Crippen LogP contribution >= 0.6 is 0 Å². The second-order valence-corrected chi connectivity index (χ2v) is 7.69. The minimum absolute atomic E-state index is 0.0410. The molecule has 7 nitrogen and oxygen atoms in total. The molecule has 2 saturated carbocycles. The molecule has 1 saturated heterocycles. The molecule has 3 N–H and O–H groups in total. The van der Waals surface area contributed by atoms with Gasteiger partial charge in [0.2, 0.25) is 0 Å². The molecule has 0 spiro atoms. The average Bonchev–Trinajstić information content (AvgIpc) is 3.19. The molecule has 3 fully saturated rings. The third kappa shape index (κ3) is 3.02. The van der Waals surface area contributed by atoms with Crippen molar-refractivity contribution in [1.82, 2.24) is 10.2 Å². The molecule has 1 aromatic rings. The van der Waals surface area contributed by atoms with Crippen LogP contribution in [-0.2, 0) is 4.79 Å². The molecule has 26 heavy (non-hydrogen) atoms. The zero-order valence-electron chi connectivity index (χ0n) is 14.5. The number of carboxylic acids is 1. The van der Waals surface area contributed by atoms with Gasteiger partial charge in [-0.25, -0.2) is 4.79 Å². The number of carbonyl (C=O) groups excluding carboxylic acids is 2. The summed E-state index contributed by atoms with van der Waals surface area (Å²) in [5.74, 6) is -0.846. The van der Waals surface area contributed by atoms with E-state index >= 15 is 0 Å². The van der Waals surface area contributed by atoms with Crippen LogP contribution in [0.4, 0.5) is 10.5 Å². The van der Waals surface area contributed by atoms with Crippen LogP contribution in [0, 0.1) is 11.3 Å². The molecule has 0 unspecified atom stereocenters. The Morgan fingerprint density at radius 1 is 1.12 bits per heavy atom. The largest absolute Gasteiger partial charge is 0.481 e. The molecule has 3 aliphatic rings. The van der Waals surface area contributed by atoms with Crippen molar-refractivity contribution in [2.24, 2.45) is 11.3 Å². The summed E-state index contributed by atoms with van der Waals surface area (Å²) < 4.78 is 0. The number of amides is 3. The average molecular weight is 357 g/mol. The first-order valence-electron chi connectivity index (χ1n) is 9.18. The van der Waals surface area contributed by atoms with Gasteiger partial charge >= 0.3 is 12.0 Å². The number of carboxylic acid groups (broad SMARTS) is 1.